The van der Waals surface area contributed by atoms with Crippen LogP contribution in [0.1, 0.15) is 28.5 Å². The average Bonchev–Trinajstić information content (AvgIpc) is 2.85. The number of benzene rings is 3. The number of nitrogens with zero attached hydrogens (tertiary/aromatic N) is 1. The fraction of sp³-hybridized carbons (Fsp3) is 0.357. The molecular weight excluding hydrogens is 504 g/mol. The second kappa shape index (κ2) is 11.7. The molecule has 2 aliphatic heterocycles. The van der Waals surface area contributed by atoms with Crippen molar-refractivity contribution in [3.63, 3.8) is 0 Å². The maximum absolute atomic E-state index is 13.9. The number of rotatable bonds is 8. The summed E-state index contributed by atoms with van der Waals surface area (Å²) >= 11 is 1.69. The van der Waals surface area contributed by atoms with Crippen LogP contribution in [0, 0.1) is 11.7 Å². The fourth-order valence-electron chi connectivity index (χ4n) is 5.09. The van der Waals surface area contributed by atoms with Crippen LogP contribution in [-0.4, -0.2) is 55.8 Å². The van der Waals surface area contributed by atoms with Gasteiger partial charge < -0.3 is 14.6 Å². The molecule has 0 radical (unpaired) electrons. The molecule has 1 fully saturated rings. The standard InChI is InChI=1S/C28H29F2NO3S.ClH/c1-33-26-12-20(30)4-8-23(26)25-17-35-27-13-21(32)5-9-24(27)28(25)19-2-6-22(7-3-19)34-11-10-31-15-18(14-29)16-31;/h2-9,12-13,18,25,28,32H,10-11,14-17H2,1H3;1H/t25-,28-;/m0./s1. The highest BCUT2D eigenvalue weighted by atomic mass is 35.5. The van der Waals surface area contributed by atoms with Gasteiger partial charge in [0.15, 0.2) is 0 Å². The number of ether oxygens (including phenoxy) is 2. The minimum atomic E-state index is -0.323. The Kier molecular flexibility index (Phi) is 8.65. The summed E-state index contributed by atoms with van der Waals surface area (Å²) in [5, 5.41) is 10.0. The van der Waals surface area contributed by atoms with E-state index in [-0.39, 0.29) is 48.4 Å². The molecule has 4 nitrogen and oxygen atoms in total. The van der Waals surface area contributed by atoms with Crippen molar-refractivity contribution in [3.8, 4) is 17.2 Å². The summed E-state index contributed by atoms with van der Waals surface area (Å²) in [6.45, 7) is 2.73. The molecule has 0 amide bonds. The summed E-state index contributed by atoms with van der Waals surface area (Å²) in [5.74, 6) is 2.30. The Labute approximate surface area is 221 Å². The van der Waals surface area contributed by atoms with E-state index in [1.807, 2.05) is 30.3 Å². The third-order valence-electron chi connectivity index (χ3n) is 6.91. The van der Waals surface area contributed by atoms with Crippen LogP contribution >= 0.6 is 24.2 Å². The summed E-state index contributed by atoms with van der Waals surface area (Å²) in [6, 6.07) is 18.4. The minimum Gasteiger partial charge on any atom is -0.508 e. The summed E-state index contributed by atoms with van der Waals surface area (Å²) in [6.07, 6.45) is 0. The molecule has 5 rings (SSSR count). The van der Waals surface area contributed by atoms with Crippen molar-refractivity contribution in [2.24, 2.45) is 5.92 Å². The van der Waals surface area contributed by atoms with E-state index in [0.29, 0.717) is 12.4 Å². The Morgan fingerprint density at radius 3 is 2.50 bits per heavy atom. The third kappa shape index (κ3) is 5.58. The van der Waals surface area contributed by atoms with E-state index in [0.717, 1.165) is 52.7 Å². The van der Waals surface area contributed by atoms with Gasteiger partial charge in [0.1, 0.15) is 29.7 Å². The van der Waals surface area contributed by atoms with Crippen molar-refractivity contribution in [1.82, 2.24) is 4.90 Å². The van der Waals surface area contributed by atoms with Crippen LogP contribution in [0.25, 0.3) is 0 Å². The molecule has 3 aromatic rings. The molecule has 0 unspecified atom stereocenters. The average molecular weight is 534 g/mol. The van der Waals surface area contributed by atoms with Gasteiger partial charge >= 0.3 is 0 Å². The maximum Gasteiger partial charge on any atom is 0.126 e. The molecule has 0 saturated carbocycles. The lowest BCUT2D eigenvalue weighted by molar-refractivity contribution is 0.0668. The van der Waals surface area contributed by atoms with Crippen LogP contribution in [0.2, 0.25) is 0 Å². The molecule has 0 aromatic heterocycles. The Hall–Kier alpha value is -2.48. The van der Waals surface area contributed by atoms with E-state index in [9.17, 15) is 13.9 Å². The highest BCUT2D eigenvalue weighted by Gasteiger charge is 2.34. The molecular formula is C28H30ClF2NO3S. The summed E-state index contributed by atoms with van der Waals surface area (Å²) in [4.78, 5) is 3.25. The van der Waals surface area contributed by atoms with Crippen LogP contribution in [0.3, 0.4) is 0 Å². The van der Waals surface area contributed by atoms with Gasteiger partial charge in [0.25, 0.3) is 0 Å². The number of likely N-dealkylation sites (tertiary alicyclic amines) is 1. The molecule has 8 heteroatoms. The molecule has 36 heavy (non-hydrogen) atoms. The Morgan fingerprint density at radius 1 is 1.03 bits per heavy atom. The second-order valence-electron chi connectivity index (χ2n) is 9.20. The molecule has 2 aliphatic rings. The number of methoxy groups -OCH3 is 1. The molecule has 1 saturated heterocycles. The predicted octanol–water partition coefficient (Wildman–Crippen LogP) is 6.26. The SMILES string of the molecule is COc1cc(F)ccc1[C@@H]1CSc2cc(O)ccc2[C@@H]1c1ccc(OCCN2CC(CF)C2)cc1.Cl. The zero-order valence-corrected chi connectivity index (χ0v) is 21.7. The first-order valence-corrected chi connectivity index (χ1v) is 12.8. The topological polar surface area (TPSA) is 41.9 Å². The summed E-state index contributed by atoms with van der Waals surface area (Å²) in [7, 11) is 1.57. The first-order chi connectivity index (χ1) is 17.1. The smallest absolute Gasteiger partial charge is 0.126 e. The van der Waals surface area contributed by atoms with Gasteiger partial charge in [0, 0.05) is 54.1 Å². The number of alkyl halides is 1. The van der Waals surface area contributed by atoms with Crippen molar-refractivity contribution in [2.45, 2.75) is 16.7 Å². The maximum atomic E-state index is 13.9. The molecule has 3 aromatic carbocycles. The van der Waals surface area contributed by atoms with Crippen LogP contribution in [0.4, 0.5) is 8.78 Å². The molecule has 2 heterocycles. The molecule has 0 spiro atoms. The van der Waals surface area contributed by atoms with E-state index < -0.39 is 0 Å². The van der Waals surface area contributed by atoms with Crippen LogP contribution in [0.5, 0.6) is 17.2 Å². The Morgan fingerprint density at radius 2 is 1.78 bits per heavy atom. The number of phenolic OH excluding ortho intramolecular Hbond substituents is 1. The van der Waals surface area contributed by atoms with E-state index in [4.69, 9.17) is 9.47 Å². The van der Waals surface area contributed by atoms with Gasteiger partial charge in [-0.25, -0.2) is 4.39 Å². The molecule has 1 N–H and O–H groups in total. The van der Waals surface area contributed by atoms with E-state index in [2.05, 4.69) is 17.0 Å². The zero-order chi connectivity index (χ0) is 24.4. The van der Waals surface area contributed by atoms with Gasteiger partial charge in [0.05, 0.1) is 13.8 Å². The largest absolute Gasteiger partial charge is 0.508 e. The fourth-order valence-corrected chi connectivity index (χ4v) is 6.39. The second-order valence-corrected chi connectivity index (χ2v) is 10.3. The van der Waals surface area contributed by atoms with E-state index in [1.54, 1.807) is 24.9 Å². The Balaban J connectivity index is 0.00000304. The number of hydrogen-bond acceptors (Lipinski definition) is 5. The van der Waals surface area contributed by atoms with E-state index in [1.165, 1.54) is 12.1 Å². The molecule has 0 aliphatic carbocycles. The quantitative estimate of drug-likeness (QED) is 0.370. The lowest BCUT2D eigenvalue weighted by Gasteiger charge is -2.37. The van der Waals surface area contributed by atoms with Gasteiger partial charge in [-0.2, -0.15) is 0 Å². The molecule has 2 atom stereocenters. The van der Waals surface area contributed by atoms with Crippen molar-refractivity contribution < 1.29 is 23.4 Å². The highest BCUT2D eigenvalue weighted by molar-refractivity contribution is 7.99. The van der Waals surface area contributed by atoms with Crippen molar-refractivity contribution in [2.75, 3.05) is 45.8 Å². The normalized spacial score (nSPS) is 19.6. The van der Waals surface area contributed by atoms with Gasteiger partial charge in [-0.1, -0.05) is 24.3 Å². The molecule has 0 bridgehead atoms. The first-order valence-electron chi connectivity index (χ1n) is 11.9. The predicted molar refractivity (Wildman–Crippen MR) is 141 cm³/mol. The highest BCUT2D eigenvalue weighted by Crippen LogP contribution is 2.51. The van der Waals surface area contributed by atoms with Crippen molar-refractivity contribution >= 4 is 24.2 Å². The van der Waals surface area contributed by atoms with Crippen LogP contribution < -0.4 is 9.47 Å². The number of halogens is 3. The van der Waals surface area contributed by atoms with Crippen LogP contribution in [-0.2, 0) is 0 Å². The number of fused-ring (bicyclic) bond motifs is 1. The summed E-state index contributed by atoms with van der Waals surface area (Å²) in [5.41, 5.74) is 3.21. The van der Waals surface area contributed by atoms with Gasteiger partial charge in [0.2, 0.25) is 0 Å². The van der Waals surface area contributed by atoms with Gasteiger partial charge in [-0.3, -0.25) is 9.29 Å². The van der Waals surface area contributed by atoms with Crippen molar-refractivity contribution in [3.05, 3.63) is 83.2 Å². The number of thioether (sulfide) groups is 1. The third-order valence-corrected chi connectivity index (χ3v) is 8.10. The Bertz CT molecular complexity index is 1170. The summed E-state index contributed by atoms with van der Waals surface area (Å²) < 4.78 is 38.0. The number of aromatic hydroxyl groups is 1. The number of phenols is 1. The van der Waals surface area contributed by atoms with Gasteiger partial charge in [-0.05, 0) is 47.0 Å². The minimum absolute atomic E-state index is 0. The zero-order valence-electron chi connectivity index (χ0n) is 20.0. The van der Waals surface area contributed by atoms with Gasteiger partial charge in [-0.15, -0.1) is 24.2 Å². The lowest BCUT2D eigenvalue weighted by Crippen LogP contribution is -2.49. The molecule has 192 valence electrons. The monoisotopic (exact) mass is 533 g/mol. The van der Waals surface area contributed by atoms with Crippen molar-refractivity contribution in [1.29, 1.82) is 0 Å². The van der Waals surface area contributed by atoms with Crippen LogP contribution in [0.15, 0.2) is 65.6 Å². The van der Waals surface area contributed by atoms with E-state index >= 15 is 0 Å². The lowest BCUT2D eigenvalue weighted by atomic mass is 9.77. The number of hydrogen-bond donors (Lipinski definition) is 1. The first kappa shape index (κ1) is 26.6.